The molecule has 0 radical (unpaired) electrons. The zero-order valence-corrected chi connectivity index (χ0v) is 14.3. The van der Waals surface area contributed by atoms with Crippen LogP contribution in [0.3, 0.4) is 0 Å². The molecule has 1 aliphatic heterocycles. The Kier molecular flexibility index (Phi) is 4.45. The van der Waals surface area contributed by atoms with Crippen LogP contribution in [0.25, 0.3) is 0 Å². The highest BCUT2D eigenvalue weighted by atomic mass is 16.3. The highest BCUT2D eigenvalue weighted by Crippen LogP contribution is 2.48. The molecule has 2 atom stereocenters. The van der Waals surface area contributed by atoms with Gasteiger partial charge in [-0.05, 0) is 35.6 Å². The van der Waals surface area contributed by atoms with E-state index in [2.05, 4.69) is 29.2 Å². The van der Waals surface area contributed by atoms with Gasteiger partial charge < -0.3 is 10.0 Å². The smallest absolute Gasteiger partial charge is 0.226 e. The monoisotopic (exact) mass is 336 g/mol. The number of phenolic OH excluding ortho intramolecular Hbond substituents is 1. The number of nitrogens with zero attached hydrogens (tertiary/aromatic N) is 2. The highest BCUT2D eigenvalue weighted by molar-refractivity contribution is 5.83. The topological polar surface area (TPSA) is 43.8 Å². The predicted octanol–water partition coefficient (Wildman–Crippen LogP) is 2.84. The molecule has 2 aliphatic rings. The zero-order chi connectivity index (χ0) is 17.2. The minimum Gasteiger partial charge on any atom is -0.508 e. The average Bonchev–Trinajstić information content (AvgIpc) is 3.44. The standard InChI is InChI=1S/C21H24N2O2/c24-18-8-6-17(7-9-18)19-14-20(19)21(25)23-12-10-22(11-13-23)15-16-4-2-1-3-5-16/h1-9,19-20,24H,10-15H2. The van der Waals surface area contributed by atoms with Crippen LogP contribution in [0.5, 0.6) is 5.75 Å². The molecule has 1 saturated heterocycles. The summed E-state index contributed by atoms with van der Waals surface area (Å²) < 4.78 is 0. The summed E-state index contributed by atoms with van der Waals surface area (Å²) in [5, 5.41) is 9.39. The average molecular weight is 336 g/mol. The van der Waals surface area contributed by atoms with Crippen LogP contribution in [0.2, 0.25) is 0 Å². The third-order valence-corrected chi connectivity index (χ3v) is 5.36. The minimum atomic E-state index is 0.130. The second-order valence-electron chi connectivity index (χ2n) is 7.13. The molecule has 2 aromatic carbocycles. The van der Waals surface area contributed by atoms with Crippen LogP contribution >= 0.6 is 0 Å². The lowest BCUT2D eigenvalue weighted by Gasteiger charge is -2.35. The number of carbonyl (C=O) groups is 1. The van der Waals surface area contributed by atoms with Crippen LogP contribution in [0, 0.1) is 5.92 Å². The fourth-order valence-corrected chi connectivity index (χ4v) is 3.76. The van der Waals surface area contributed by atoms with Crippen LogP contribution in [0.15, 0.2) is 54.6 Å². The van der Waals surface area contributed by atoms with E-state index < -0.39 is 0 Å². The Morgan fingerprint density at radius 2 is 1.64 bits per heavy atom. The van der Waals surface area contributed by atoms with Gasteiger partial charge in [0, 0.05) is 38.6 Å². The molecule has 0 spiro atoms. The van der Waals surface area contributed by atoms with E-state index in [1.54, 1.807) is 12.1 Å². The molecule has 130 valence electrons. The quantitative estimate of drug-likeness (QED) is 0.934. The van der Waals surface area contributed by atoms with Crippen molar-refractivity contribution in [2.24, 2.45) is 5.92 Å². The van der Waals surface area contributed by atoms with Gasteiger partial charge in [0.1, 0.15) is 5.75 Å². The lowest BCUT2D eigenvalue weighted by molar-refractivity contribution is -0.134. The summed E-state index contributed by atoms with van der Waals surface area (Å²) in [4.78, 5) is 17.2. The van der Waals surface area contributed by atoms with Crippen molar-refractivity contribution in [2.45, 2.75) is 18.9 Å². The largest absolute Gasteiger partial charge is 0.508 e. The first-order valence-electron chi connectivity index (χ1n) is 9.05. The maximum atomic E-state index is 12.7. The Morgan fingerprint density at radius 3 is 2.32 bits per heavy atom. The number of amides is 1. The molecular weight excluding hydrogens is 312 g/mol. The van der Waals surface area contributed by atoms with Crippen LogP contribution in [-0.2, 0) is 11.3 Å². The molecule has 1 heterocycles. The number of hydrogen-bond acceptors (Lipinski definition) is 3. The Labute approximate surface area is 148 Å². The molecule has 1 aliphatic carbocycles. The summed E-state index contributed by atoms with van der Waals surface area (Å²) in [6, 6.07) is 17.8. The summed E-state index contributed by atoms with van der Waals surface area (Å²) in [5.41, 5.74) is 2.50. The second-order valence-corrected chi connectivity index (χ2v) is 7.13. The van der Waals surface area contributed by atoms with Crippen LogP contribution < -0.4 is 0 Å². The van der Waals surface area contributed by atoms with E-state index >= 15 is 0 Å². The third-order valence-electron chi connectivity index (χ3n) is 5.36. The van der Waals surface area contributed by atoms with E-state index in [-0.39, 0.29) is 11.7 Å². The number of hydrogen-bond donors (Lipinski definition) is 1. The third kappa shape index (κ3) is 3.69. The Bertz CT molecular complexity index is 721. The lowest BCUT2D eigenvalue weighted by atomic mass is 10.1. The van der Waals surface area contributed by atoms with Gasteiger partial charge in [0.2, 0.25) is 5.91 Å². The minimum absolute atomic E-state index is 0.130. The molecule has 0 bridgehead atoms. The Balaban J connectivity index is 1.28. The number of carbonyl (C=O) groups excluding carboxylic acids is 1. The van der Waals surface area contributed by atoms with Crippen molar-refractivity contribution in [3.05, 3.63) is 65.7 Å². The summed E-state index contributed by atoms with van der Waals surface area (Å²) in [7, 11) is 0. The van der Waals surface area contributed by atoms with Crippen molar-refractivity contribution in [1.82, 2.24) is 9.80 Å². The summed E-state index contributed by atoms with van der Waals surface area (Å²) in [5.74, 6) is 1.04. The molecule has 2 fully saturated rings. The normalized spacial score (nSPS) is 23.4. The van der Waals surface area contributed by atoms with E-state index in [0.717, 1.165) is 39.1 Å². The molecule has 4 nitrogen and oxygen atoms in total. The summed E-state index contributed by atoms with van der Waals surface area (Å²) in [6.45, 7) is 4.49. The van der Waals surface area contributed by atoms with E-state index in [1.165, 1.54) is 11.1 Å². The molecule has 2 aromatic rings. The summed E-state index contributed by atoms with van der Waals surface area (Å²) in [6.07, 6.45) is 0.938. The van der Waals surface area contributed by atoms with Crippen molar-refractivity contribution in [3.8, 4) is 5.75 Å². The fraction of sp³-hybridized carbons (Fsp3) is 0.381. The van der Waals surface area contributed by atoms with E-state index in [9.17, 15) is 9.90 Å². The van der Waals surface area contributed by atoms with E-state index in [0.29, 0.717) is 11.8 Å². The molecule has 25 heavy (non-hydrogen) atoms. The maximum absolute atomic E-state index is 12.7. The number of rotatable bonds is 4. The number of phenols is 1. The Morgan fingerprint density at radius 1 is 0.960 bits per heavy atom. The fourth-order valence-electron chi connectivity index (χ4n) is 3.76. The molecule has 1 amide bonds. The maximum Gasteiger partial charge on any atom is 0.226 e. The summed E-state index contributed by atoms with van der Waals surface area (Å²) >= 11 is 0. The molecule has 0 aromatic heterocycles. The van der Waals surface area contributed by atoms with Crippen molar-refractivity contribution in [3.63, 3.8) is 0 Å². The van der Waals surface area contributed by atoms with Gasteiger partial charge in [-0.3, -0.25) is 9.69 Å². The van der Waals surface area contributed by atoms with Crippen molar-refractivity contribution < 1.29 is 9.90 Å². The first-order chi connectivity index (χ1) is 12.2. The molecule has 2 unspecified atom stereocenters. The number of benzene rings is 2. The molecule has 1 saturated carbocycles. The lowest BCUT2D eigenvalue weighted by Crippen LogP contribution is -2.48. The van der Waals surface area contributed by atoms with Gasteiger partial charge in [0.25, 0.3) is 0 Å². The molecule has 1 N–H and O–H groups in total. The van der Waals surface area contributed by atoms with Gasteiger partial charge in [0.15, 0.2) is 0 Å². The Hall–Kier alpha value is -2.33. The van der Waals surface area contributed by atoms with Gasteiger partial charge in [-0.2, -0.15) is 0 Å². The van der Waals surface area contributed by atoms with Crippen LogP contribution in [0.4, 0.5) is 0 Å². The number of piperazine rings is 1. The molecule has 4 rings (SSSR count). The SMILES string of the molecule is O=C(C1CC1c1ccc(O)cc1)N1CCN(Cc2ccccc2)CC1. The van der Waals surface area contributed by atoms with Crippen molar-refractivity contribution >= 4 is 5.91 Å². The van der Waals surface area contributed by atoms with E-state index in [1.807, 2.05) is 23.1 Å². The first-order valence-corrected chi connectivity index (χ1v) is 9.05. The molecule has 4 heteroatoms. The highest BCUT2D eigenvalue weighted by Gasteiger charge is 2.46. The molecular formula is C21H24N2O2. The zero-order valence-electron chi connectivity index (χ0n) is 14.3. The second kappa shape index (κ2) is 6.89. The van der Waals surface area contributed by atoms with Gasteiger partial charge >= 0.3 is 0 Å². The van der Waals surface area contributed by atoms with E-state index in [4.69, 9.17) is 0 Å². The van der Waals surface area contributed by atoms with Crippen molar-refractivity contribution in [2.75, 3.05) is 26.2 Å². The van der Waals surface area contributed by atoms with Gasteiger partial charge in [-0.1, -0.05) is 42.5 Å². The van der Waals surface area contributed by atoms with Gasteiger partial charge in [0.05, 0.1) is 0 Å². The van der Waals surface area contributed by atoms with Crippen molar-refractivity contribution in [1.29, 1.82) is 0 Å². The van der Waals surface area contributed by atoms with Crippen LogP contribution in [-0.4, -0.2) is 47.0 Å². The van der Waals surface area contributed by atoms with Gasteiger partial charge in [-0.15, -0.1) is 0 Å². The van der Waals surface area contributed by atoms with Crippen LogP contribution in [0.1, 0.15) is 23.5 Å². The predicted molar refractivity (Wildman–Crippen MR) is 97.3 cm³/mol. The van der Waals surface area contributed by atoms with Gasteiger partial charge in [-0.25, -0.2) is 0 Å². The first kappa shape index (κ1) is 16.2. The number of aromatic hydroxyl groups is 1.